The molecule has 0 bridgehead atoms. The topological polar surface area (TPSA) is 29.5 Å². The van der Waals surface area contributed by atoms with Crippen molar-refractivity contribution in [2.24, 2.45) is 5.92 Å². The molecule has 0 aliphatic rings. The third-order valence-electron chi connectivity index (χ3n) is 2.63. The lowest BCUT2D eigenvalue weighted by Crippen LogP contribution is -2.18. The van der Waals surface area contributed by atoms with Gasteiger partial charge in [0.2, 0.25) is 0 Å². The van der Waals surface area contributed by atoms with Gasteiger partial charge >= 0.3 is 0 Å². The van der Waals surface area contributed by atoms with Crippen molar-refractivity contribution in [2.75, 3.05) is 13.2 Å². The highest BCUT2D eigenvalue weighted by Crippen LogP contribution is 2.17. The van der Waals surface area contributed by atoms with E-state index in [9.17, 15) is 9.50 Å². The predicted octanol–water partition coefficient (Wildman–Crippen LogP) is 3.12. The molecule has 1 aromatic carbocycles. The second-order valence-corrected chi connectivity index (χ2v) is 5.13. The molecule has 0 saturated carbocycles. The van der Waals surface area contributed by atoms with Crippen LogP contribution in [0.2, 0.25) is 0 Å². The number of hydrogen-bond acceptors (Lipinski definition) is 3. The first-order valence-corrected chi connectivity index (χ1v) is 6.67. The van der Waals surface area contributed by atoms with Gasteiger partial charge in [0.05, 0.1) is 6.61 Å². The van der Waals surface area contributed by atoms with Crippen molar-refractivity contribution in [1.29, 1.82) is 0 Å². The number of rotatable bonds is 6. The van der Waals surface area contributed by atoms with Gasteiger partial charge in [-0.15, -0.1) is 11.3 Å². The van der Waals surface area contributed by atoms with E-state index in [2.05, 4.69) is 0 Å². The molecule has 4 heteroatoms. The predicted molar refractivity (Wildman–Crippen MR) is 70.5 cm³/mol. The van der Waals surface area contributed by atoms with Crippen LogP contribution in [0.15, 0.2) is 41.8 Å². The van der Waals surface area contributed by atoms with Gasteiger partial charge in [-0.3, -0.25) is 0 Å². The molecule has 0 spiro atoms. The highest BCUT2D eigenvalue weighted by atomic mass is 32.1. The summed E-state index contributed by atoms with van der Waals surface area (Å²) in [6.45, 7) is 0.513. The van der Waals surface area contributed by atoms with E-state index in [0.717, 1.165) is 6.42 Å². The van der Waals surface area contributed by atoms with Crippen LogP contribution >= 0.6 is 11.3 Å². The fourth-order valence-corrected chi connectivity index (χ4v) is 2.46. The largest absolute Gasteiger partial charge is 0.493 e. The lowest BCUT2D eigenvalue weighted by atomic mass is 10.1. The Labute approximate surface area is 110 Å². The van der Waals surface area contributed by atoms with Gasteiger partial charge in [0.15, 0.2) is 0 Å². The number of hydrogen-bond donors (Lipinski definition) is 1. The minimum atomic E-state index is -0.278. The molecular formula is C14H15FO2S. The van der Waals surface area contributed by atoms with Gasteiger partial charge in [0.1, 0.15) is 11.6 Å². The van der Waals surface area contributed by atoms with Crippen LogP contribution in [0.3, 0.4) is 0 Å². The number of halogens is 1. The van der Waals surface area contributed by atoms with Crippen molar-refractivity contribution in [1.82, 2.24) is 0 Å². The number of aliphatic hydroxyl groups is 1. The quantitative estimate of drug-likeness (QED) is 0.870. The van der Waals surface area contributed by atoms with Crippen LogP contribution in [0.1, 0.15) is 4.88 Å². The maximum absolute atomic E-state index is 12.7. The van der Waals surface area contributed by atoms with Crippen molar-refractivity contribution in [3.8, 4) is 5.75 Å². The lowest BCUT2D eigenvalue weighted by Gasteiger charge is -2.14. The number of thiophene rings is 1. The average Bonchev–Trinajstić information content (AvgIpc) is 2.89. The Morgan fingerprint density at radius 3 is 2.61 bits per heavy atom. The van der Waals surface area contributed by atoms with Gasteiger partial charge in [0.25, 0.3) is 0 Å². The molecule has 18 heavy (non-hydrogen) atoms. The van der Waals surface area contributed by atoms with Crippen LogP contribution < -0.4 is 4.74 Å². The standard InChI is InChI=1S/C14H15FO2S/c15-12-3-5-13(6-4-12)17-10-11(9-16)8-14-2-1-7-18-14/h1-7,11,16H,8-10H2. The van der Waals surface area contributed by atoms with Gasteiger partial charge in [-0.1, -0.05) is 6.07 Å². The molecule has 0 fully saturated rings. The van der Waals surface area contributed by atoms with Crippen LogP contribution in [0.4, 0.5) is 4.39 Å². The van der Waals surface area contributed by atoms with Crippen LogP contribution in [0.5, 0.6) is 5.75 Å². The van der Waals surface area contributed by atoms with Gasteiger partial charge in [-0.2, -0.15) is 0 Å². The van der Waals surface area contributed by atoms with E-state index in [1.807, 2.05) is 17.5 Å². The van der Waals surface area contributed by atoms with E-state index in [4.69, 9.17) is 4.74 Å². The second-order valence-electron chi connectivity index (χ2n) is 4.10. The Morgan fingerprint density at radius 1 is 1.22 bits per heavy atom. The summed E-state index contributed by atoms with van der Waals surface area (Å²) in [7, 11) is 0. The van der Waals surface area contributed by atoms with Crippen molar-refractivity contribution in [3.63, 3.8) is 0 Å². The van der Waals surface area contributed by atoms with Crippen molar-refractivity contribution in [2.45, 2.75) is 6.42 Å². The zero-order valence-electron chi connectivity index (χ0n) is 9.88. The third kappa shape index (κ3) is 3.82. The Hall–Kier alpha value is -1.39. The Balaban J connectivity index is 1.85. The second kappa shape index (κ2) is 6.52. The molecule has 2 aromatic rings. The van der Waals surface area contributed by atoms with Gasteiger partial charge in [0, 0.05) is 17.4 Å². The molecule has 2 nitrogen and oxygen atoms in total. The van der Waals surface area contributed by atoms with Crippen LogP contribution in [0, 0.1) is 11.7 Å². The van der Waals surface area contributed by atoms with Gasteiger partial charge < -0.3 is 9.84 Å². The minimum absolute atomic E-state index is 0.0636. The summed E-state index contributed by atoms with van der Waals surface area (Å²) in [5.41, 5.74) is 0. The molecule has 0 aliphatic heterocycles. The van der Waals surface area contributed by atoms with Crippen molar-refractivity contribution in [3.05, 3.63) is 52.5 Å². The van der Waals surface area contributed by atoms with Gasteiger partial charge in [-0.25, -0.2) is 4.39 Å². The van der Waals surface area contributed by atoms with E-state index in [-0.39, 0.29) is 18.3 Å². The van der Waals surface area contributed by atoms with Crippen LogP contribution in [-0.2, 0) is 6.42 Å². The van der Waals surface area contributed by atoms with Crippen LogP contribution in [-0.4, -0.2) is 18.3 Å². The smallest absolute Gasteiger partial charge is 0.123 e. The molecule has 2 rings (SSSR count). The Bertz CT molecular complexity index is 453. The first-order chi connectivity index (χ1) is 8.78. The molecule has 0 saturated heterocycles. The summed E-state index contributed by atoms with van der Waals surface area (Å²) in [5.74, 6) is 0.411. The molecular weight excluding hydrogens is 251 g/mol. The average molecular weight is 266 g/mol. The molecule has 96 valence electrons. The maximum Gasteiger partial charge on any atom is 0.123 e. The highest BCUT2D eigenvalue weighted by Gasteiger charge is 2.10. The Morgan fingerprint density at radius 2 is 2.00 bits per heavy atom. The first kappa shape index (κ1) is 13.1. The van der Waals surface area contributed by atoms with E-state index in [0.29, 0.717) is 12.4 Å². The normalized spacial score (nSPS) is 12.3. The molecule has 1 heterocycles. The number of aliphatic hydroxyl groups excluding tert-OH is 1. The summed E-state index contributed by atoms with van der Waals surface area (Å²) in [6, 6.07) is 9.95. The molecule has 1 N–H and O–H groups in total. The lowest BCUT2D eigenvalue weighted by molar-refractivity contribution is 0.163. The summed E-state index contributed by atoms with van der Waals surface area (Å²) >= 11 is 1.67. The SMILES string of the molecule is OCC(COc1ccc(F)cc1)Cc1cccs1. The zero-order valence-corrected chi connectivity index (χ0v) is 10.7. The van der Waals surface area contributed by atoms with Crippen molar-refractivity contribution >= 4 is 11.3 Å². The van der Waals surface area contributed by atoms with Gasteiger partial charge in [-0.05, 0) is 42.1 Å². The molecule has 0 amide bonds. The third-order valence-corrected chi connectivity index (χ3v) is 3.53. The summed E-state index contributed by atoms with van der Waals surface area (Å²) < 4.78 is 18.3. The first-order valence-electron chi connectivity index (χ1n) is 5.79. The van der Waals surface area contributed by atoms with E-state index in [1.54, 1.807) is 23.5 Å². The summed E-state index contributed by atoms with van der Waals surface area (Å²) in [4.78, 5) is 1.23. The maximum atomic E-state index is 12.7. The molecule has 0 radical (unpaired) electrons. The van der Waals surface area contributed by atoms with Crippen LogP contribution in [0.25, 0.3) is 0 Å². The Kier molecular flexibility index (Phi) is 4.73. The number of ether oxygens (including phenoxy) is 1. The molecule has 1 unspecified atom stereocenters. The fourth-order valence-electron chi connectivity index (χ4n) is 1.63. The van der Waals surface area contributed by atoms with E-state index >= 15 is 0 Å². The van der Waals surface area contributed by atoms with E-state index in [1.165, 1.54) is 17.0 Å². The monoisotopic (exact) mass is 266 g/mol. The molecule has 1 atom stereocenters. The molecule has 1 aromatic heterocycles. The number of benzene rings is 1. The minimum Gasteiger partial charge on any atom is -0.493 e. The zero-order chi connectivity index (χ0) is 12.8. The highest BCUT2D eigenvalue weighted by molar-refractivity contribution is 7.09. The summed E-state index contributed by atoms with van der Waals surface area (Å²) in [5, 5.41) is 11.3. The fraction of sp³-hybridized carbons (Fsp3) is 0.286. The van der Waals surface area contributed by atoms with Crippen molar-refractivity contribution < 1.29 is 14.2 Å². The molecule has 0 aliphatic carbocycles. The summed E-state index contributed by atoms with van der Waals surface area (Å²) in [6.07, 6.45) is 0.801. The van der Waals surface area contributed by atoms with E-state index < -0.39 is 0 Å².